The average Bonchev–Trinajstić information content (AvgIpc) is 2.98. The lowest BCUT2D eigenvalue weighted by molar-refractivity contribution is -0.142. The van der Waals surface area contributed by atoms with Crippen LogP contribution in [0.4, 0.5) is 18.9 Å². The van der Waals surface area contributed by atoms with Crippen molar-refractivity contribution in [3.63, 3.8) is 0 Å². The molecule has 0 saturated heterocycles. The van der Waals surface area contributed by atoms with Crippen LogP contribution in [0.2, 0.25) is 0 Å². The number of rotatable bonds is 3. The average molecular weight is 343 g/mol. The van der Waals surface area contributed by atoms with Crippen molar-refractivity contribution in [2.75, 3.05) is 12.4 Å². The molecule has 0 aliphatic carbocycles. The van der Waals surface area contributed by atoms with Gasteiger partial charge in [0, 0.05) is 13.6 Å². The highest BCUT2D eigenvalue weighted by molar-refractivity contribution is 7.07. The molecule has 2 aromatic rings. The minimum Gasteiger partial charge on any atom is -0.333 e. The Labute approximate surface area is 133 Å². The summed E-state index contributed by atoms with van der Waals surface area (Å²) in [4.78, 5) is 28.2. The largest absolute Gasteiger partial charge is 0.433 e. The van der Waals surface area contributed by atoms with Crippen LogP contribution >= 0.6 is 11.3 Å². The number of hydrogen-bond acceptors (Lipinski definition) is 4. The zero-order valence-electron chi connectivity index (χ0n) is 11.9. The Kier molecular flexibility index (Phi) is 4.99. The van der Waals surface area contributed by atoms with Gasteiger partial charge in [-0.15, -0.1) is 0 Å². The van der Waals surface area contributed by atoms with Crippen molar-refractivity contribution >= 4 is 28.8 Å². The van der Waals surface area contributed by atoms with Crippen LogP contribution in [-0.2, 0) is 22.3 Å². The van der Waals surface area contributed by atoms with E-state index in [1.54, 1.807) is 0 Å². The summed E-state index contributed by atoms with van der Waals surface area (Å²) in [5, 5.41) is 5.92. The predicted octanol–water partition coefficient (Wildman–Crippen LogP) is 2.76. The van der Waals surface area contributed by atoms with Crippen molar-refractivity contribution in [3.8, 4) is 0 Å². The maximum absolute atomic E-state index is 12.4. The Morgan fingerprint density at radius 3 is 2.57 bits per heavy atom. The number of nitrogens with one attached hydrogen (secondary N) is 1. The molecule has 0 bridgehead atoms. The number of pyridine rings is 1. The van der Waals surface area contributed by atoms with E-state index in [4.69, 9.17) is 0 Å². The van der Waals surface area contributed by atoms with Crippen molar-refractivity contribution in [2.45, 2.75) is 12.7 Å². The minimum absolute atomic E-state index is 0.0142. The van der Waals surface area contributed by atoms with Crippen LogP contribution in [0.5, 0.6) is 0 Å². The van der Waals surface area contributed by atoms with E-state index < -0.39 is 23.7 Å². The first-order valence-electron chi connectivity index (χ1n) is 6.38. The lowest BCUT2D eigenvalue weighted by Crippen LogP contribution is -2.36. The van der Waals surface area contributed by atoms with E-state index in [9.17, 15) is 22.8 Å². The van der Waals surface area contributed by atoms with Crippen LogP contribution in [0.25, 0.3) is 0 Å². The summed E-state index contributed by atoms with van der Waals surface area (Å²) in [6.07, 6.45) is -3.70. The molecule has 0 atom stereocenters. The standard InChI is InChI=1S/C14H12F3N3O2S/c1-20(7-9-4-5-23-8-9)13(22)12(21)19-10-2-3-11(18-6-10)14(15,16)17/h2-6,8H,7H2,1H3,(H,19,21). The number of carbonyl (C=O) groups is 2. The first-order valence-corrected chi connectivity index (χ1v) is 7.32. The van der Waals surface area contributed by atoms with Crippen LogP contribution in [0.15, 0.2) is 35.2 Å². The minimum atomic E-state index is -4.56. The third kappa shape index (κ3) is 4.52. The predicted molar refractivity (Wildman–Crippen MR) is 78.7 cm³/mol. The summed E-state index contributed by atoms with van der Waals surface area (Å²) >= 11 is 1.47. The second-order valence-corrected chi connectivity index (χ2v) is 5.46. The second-order valence-electron chi connectivity index (χ2n) is 4.68. The molecule has 0 saturated carbocycles. The Morgan fingerprint density at radius 2 is 2.04 bits per heavy atom. The lowest BCUT2D eigenvalue weighted by Gasteiger charge is -2.16. The molecule has 0 aromatic carbocycles. The molecule has 0 spiro atoms. The highest BCUT2D eigenvalue weighted by Crippen LogP contribution is 2.27. The van der Waals surface area contributed by atoms with Gasteiger partial charge < -0.3 is 10.2 Å². The zero-order valence-corrected chi connectivity index (χ0v) is 12.7. The molecule has 0 fully saturated rings. The number of nitrogens with zero attached hydrogens (tertiary/aromatic N) is 2. The number of thiophene rings is 1. The fourth-order valence-electron chi connectivity index (χ4n) is 1.72. The Balaban J connectivity index is 1.96. The normalized spacial score (nSPS) is 11.1. The number of hydrogen-bond donors (Lipinski definition) is 1. The van der Waals surface area contributed by atoms with E-state index in [0.29, 0.717) is 0 Å². The van der Waals surface area contributed by atoms with E-state index in [0.717, 1.165) is 23.9 Å². The summed E-state index contributed by atoms with van der Waals surface area (Å²) in [6, 6.07) is 3.60. The van der Waals surface area contributed by atoms with Gasteiger partial charge in [0.1, 0.15) is 5.69 Å². The van der Waals surface area contributed by atoms with Gasteiger partial charge in [-0.2, -0.15) is 24.5 Å². The maximum Gasteiger partial charge on any atom is 0.433 e. The molecule has 0 radical (unpaired) electrons. The van der Waals surface area contributed by atoms with E-state index in [-0.39, 0.29) is 12.2 Å². The van der Waals surface area contributed by atoms with Gasteiger partial charge in [-0.3, -0.25) is 9.59 Å². The van der Waals surface area contributed by atoms with Crippen molar-refractivity contribution < 1.29 is 22.8 Å². The highest BCUT2D eigenvalue weighted by atomic mass is 32.1. The summed E-state index contributed by atoms with van der Waals surface area (Å²) in [5.41, 5.74) is -0.175. The Bertz CT molecular complexity index is 684. The summed E-state index contributed by atoms with van der Waals surface area (Å²) in [5.74, 6) is -1.74. The lowest BCUT2D eigenvalue weighted by atomic mass is 10.3. The van der Waals surface area contributed by atoms with Crippen LogP contribution in [0, 0.1) is 0 Å². The first kappa shape index (κ1) is 16.9. The third-order valence-corrected chi connectivity index (χ3v) is 3.58. The van der Waals surface area contributed by atoms with E-state index in [1.807, 2.05) is 16.8 Å². The summed E-state index contributed by atoms with van der Waals surface area (Å²) in [6.45, 7) is 0.265. The van der Waals surface area contributed by atoms with Crippen LogP contribution in [0.3, 0.4) is 0 Å². The van der Waals surface area contributed by atoms with Crippen molar-refractivity contribution in [1.29, 1.82) is 0 Å². The molecule has 2 aromatic heterocycles. The molecular weight excluding hydrogens is 331 g/mol. The number of anilines is 1. The molecule has 0 aliphatic rings. The maximum atomic E-state index is 12.4. The van der Waals surface area contributed by atoms with Gasteiger partial charge in [-0.05, 0) is 34.5 Å². The second kappa shape index (κ2) is 6.78. The van der Waals surface area contributed by atoms with Gasteiger partial charge in [-0.25, -0.2) is 4.98 Å². The molecule has 2 heterocycles. The number of amides is 2. The van der Waals surface area contributed by atoms with Crippen molar-refractivity contribution in [1.82, 2.24) is 9.88 Å². The van der Waals surface area contributed by atoms with E-state index in [2.05, 4.69) is 10.3 Å². The number of aromatic nitrogens is 1. The summed E-state index contributed by atoms with van der Waals surface area (Å²) in [7, 11) is 1.46. The summed E-state index contributed by atoms with van der Waals surface area (Å²) < 4.78 is 37.2. The van der Waals surface area contributed by atoms with Gasteiger partial charge >= 0.3 is 18.0 Å². The van der Waals surface area contributed by atoms with Crippen LogP contribution in [0.1, 0.15) is 11.3 Å². The van der Waals surface area contributed by atoms with Crippen molar-refractivity contribution in [2.24, 2.45) is 0 Å². The van der Waals surface area contributed by atoms with Gasteiger partial charge in [0.25, 0.3) is 0 Å². The van der Waals surface area contributed by atoms with Crippen molar-refractivity contribution in [3.05, 3.63) is 46.4 Å². The smallest absolute Gasteiger partial charge is 0.333 e. The Morgan fingerprint density at radius 1 is 1.30 bits per heavy atom. The molecule has 5 nitrogen and oxygen atoms in total. The van der Waals surface area contributed by atoms with Gasteiger partial charge in [0.05, 0.1) is 11.9 Å². The highest BCUT2D eigenvalue weighted by Gasteiger charge is 2.32. The molecular formula is C14H12F3N3O2S. The fraction of sp³-hybridized carbons (Fsp3) is 0.214. The molecule has 2 rings (SSSR count). The number of halogens is 3. The quantitative estimate of drug-likeness (QED) is 0.872. The van der Waals surface area contributed by atoms with Gasteiger partial charge in [-0.1, -0.05) is 0 Å². The SMILES string of the molecule is CN(Cc1ccsc1)C(=O)C(=O)Nc1ccc(C(F)(F)F)nc1. The van der Waals surface area contributed by atoms with Gasteiger partial charge in [0.2, 0.25) is 0 Å². The number of carbonyl (C=O) groups excluding carboxylic acids is 2. The molecule has 1 N–H and O–H groups in total. The molecule has 2 amide bonds. The molecule has 23 heavy (non-hydrogen) atoms. The number of likely N-dealkylation sites (N-methyl/N-ethyl adjacent to an activating group) is 1. The molecule has 9 heteroatoms. The monoisotopic (exact) mass is 343 g/mol. The zero-order chi connectivity index (χ0) is 17.0. The van der Waals surface area contributed by atoms with E-state index >= 15 is 0 Å². The third-order valence-electron chi connectivity index (χ3n) is 2.85. The first-order chi connectivity index (χ1) is 10.8. The molecule has 0 aliphatic heterocycles. The van der Waals surface area contributed by atoms with Crippen LogP contribution in [-0.4, -0.2) is 28.7 Å². The Hall–Kier alpha value is -2.42. The van der Waals surface area contributed by atoms with Crippen LogP contribution < -0.4 is 5.32 Å². The number of alkyl halides is 3. The van der Waals surface area contributed by atoms with Gasteiger partial charge in [0.15, 0.2) is 0 Å². The molecule has 0 unspecified atom stereocenters. The fourth-order valence-corrected chi connectivity index (χ4v) is 2.38. The topological polar surface area (TPSA) is 62.3 Å². The van der Waals surface area contributed by atoms with E-state index in [1.165, 1.54) is 23.3 Å². The molecule has 122 valence electrons.